The normalized spacial score (nSPS) is 18.1. The van der Waals surface area contributed by atoms with E-state index in [1.165, 1.54) is 18.2 Å². The summed E-state index contributed by atoms with van der Waals surface area (Å²) in [7, 11) is 0. The maximum absolute atomic E-state index is 13.8. The smallest absolute Gasteiger partial charge is 0.444 e. The van der Waals surface area contributed by atoms with E-state index in [1.807, 2.05) is 11.1 Å². The zero-order valence-electron chi connectivity index (χ0n) is 25.4. The second-order valence-electron chi connectivity index (χ2n) is 12.4. The molecule has 1 aliphatic rings. The predicted octanol–water partition coefficient (Wildman–Crippen LogP) is 6.98. The minimum Gasteiger partial charge on any atom is -0.444 e. The number of hydrogen-bond acceptors (Lipinski definition) is 5. The number of aromatic nitrogens is 2. The molecule has 4 rings (SSSR count). The van der Waals surface area contributed by atoms with Crippen LogP contribution in [0.1, 0.15) is 57.8 Å². The molecule has 9 nitrogen and oxygen atoms in total. The Labute approximate surface area is 270 Å². The van der Waals surface area contributed by atoms with Gasteiger partial charge in [-0.3, -0.25) is 9.59 Å². The molecule has 0 spiro atoms. The molecule has 1 heterocycles. The van der Waals surface area contributed by atoms with Crippen molar-refractivity contribution >= 4 is 50.6 Å². The van der Waals surface area contributed by atoms with Crippen LogP contribution in [-0.2, 0) is 26.7 Å². The van der Waals surface area contributed by atoms with Crippen molar-refractivity contribution in [1.29, 1.82) is 0 Å². The van der Waals surface area contributed by atoms with E-state index in [1.54, 1.807) is 39.0 Å². The summed E-state index contributed by atoms with van der Waals surface area (Å²) in [6, 6.07) is 9.87. The summed E-state index contributed by atoms with van der Waals surface area (Å²) in [4.78, 5) is 44.2. The number of imidazole rings is 1. The first-order valence-electron chi connectivity index (χ1n) is 14.7. The van der Waals surface area contributed by atoms with Crippen LogP contribution in [0.3, 0.4) is 0 Å². The van der Waals surface area contributed by atoms with E-state index < -0.39 is 41.6 Å². The molecule has 0 radical (unpaired) electrons. The van der Waals surface area contributed by atoms with Crippen LogP contribution >= 0.6 is 15.9 Å². The number of H-pyrrole nitrogens is 1. The van der Waals surface area contributed by atoms with Crippen molar-refractivity contribution < 1.29 is 41.1 Å². The number of aromatic amines is 1. The van der Waals surface area contributed by atoms with Crippen LogP contribution in [0.4, 0.5) is 32.4 Å². The Hall–Kier alpha value is -3.75. The lowest BCUT2D eigenvalue weighted by Crippen LogP contribution is -2.48. The number of rotatable bonds is 9. The fourth-order valence-corrected chi connectivity index (χ4v) is 5.62. The summed E-state index contributed by atoms with van der Waals surface area (Å²) in [5.74, 6) is -7.85. The number of benzene rings is 2. The van der Waals surface area contributed by atoms with Crippen LogP contribution in [0.15, 0.2) is 46.9 Å². The third kappa shape index (κ3) is 9.17. The Balaban J connectivity index is 1.42. The molecular formula is C31H35BrF5N5O4. The molecule has 0 aliphatic heterocycles. The fraction of sp³-hybridized carbons (Fsp3) is 0.484. The van der Waals surface area contributed by atoms with Crippen LogP contribution in [0, 0.1) is 11.8 Å². The van der Waals surface area contributed by atoms with Gasteiger partial charge in [-0.15, -0.1) is 0 Å². The highest BCUT2D eigenvalue weighted by Gasteiger charge is 2.61. The zero-order chi connectivity index (χ0) is 33.9. The molecular weight excluding hydrogens is 681 g/mol. The maximum atomic E-state index is 13.8. The molecule has 0 bridgehead atoms. The molecule has 1 fully saturated rings. The number of anilines is 1. The molecule has 15 heteroatoms. The Morgan fingerprint density at radius 1 is 1.02 bits per heavy atom. The van der Waals surface area contributed by atoms with Crippen molar-refractivity contribution in [2.45, 2.75) is 76.6 Å². The van der Waals surface area contributed by atoms with Crippen molar-refractivity contribution in [1.82, 2.24) is 20.6 Å². The van der Waals surface area contributed by atoms with Gasteiger partial charge in [0, 0.05) is 29.0 Å². The van der Waals surface area contributed by atoms with E-state index in [0.29, 0.717) is 32.2 Å². The van der Waals surface area contributed by atoms with E-state index in [9.17, 15) is 36.3 Å². The van der Waals surface area contributed by atoms with Crippen LogP contribution in [0.2, 0.25) is 0 Å². The molecule has 1 aliphatic carbocycles. The number of ether oxygens (including phenoxy) is 1. The minimum absolute atomic E-state index is 0.106. The van der Waals surface area contributed by atoms with Gasteiger partial charge in [-0.1, -0.05) is 28.1 Å². The van der Waals surface area contributed by atoms with Crippen LogP contribution in [-0.4, -0.2) is 52.2 Å². The number of halogens is 6. The quantitative estimate of drug-likeness (QED) is 0.178. The van der Waals surface area contributed by atoms with Gasteiger partial charge in [-0.05, 0) is 88.3 Å². The van der Waals surface area contributed by atoms with Crippen molar-refractivity contribution in [3.05, 3.63) is 58.3 Å². The van der Waals surface area contributed by atoms with Crippen molar-refractivity contribution in [2.24, 2.45) is 11.8 Å². The fourth-order valence-electron chi connectivity index (χ4n) is 5.17. The van der Waals surface area contributed by atoms with Crippen molar-refractivity contribution in [2.75, 3.05) is 11.9 Å². The van der Waals surface area contributed by atoms with E-state index >= 15 is 0 Å². The molecule has 3 aromatic rings. The van der Waals surface area contributed by atoms with Gasteiger partial charge in [0.1, 0.15) is 11.6 Å². The van der Waals surface area contributed by atoms with Crippen LogP contribution < -0.4 is 16.0 Å². The Morgan fingerprint density at radius 2 is 1.72 bits per heavy atom. The highest BCUT2D eigenvalue weighted by molar-refractivity contribution is 9.10. The molecule has 0 unspecified atom stereocenters. The van der Waals surface area contributed by atoms with Crippen molar-refractivity contribution in [3.63, 3.8) is 0 Å². The van der Waals surface area contributed by atoms with Gasteiger partial charge < -0.3 is 25.7 Å². The lowest BCUT2D eigenvalue weighted by Gasteiger charge is -2.29. The standard InChI is InChI=1S/C31H35BrF5N5O4/c1-29(2,3)46-28(45)38-16-17-7-9-19(10-8-17)25(43)40-24(14-18-5-4-6-20(32)13-18)26(44)39-21-11-12-22-23(15-21)42-27(41-22)30(33,34)31(35,36)37/h4-6,11-13,15,17,19,24H,7-10,14,16H2,1-3H3,(H,38,45)(H,39,44)(H,40,43)(H,41,42)/t17-,19-,24-/m0/s1. The molecule has 2 aromatic carbocycles. The Bertz CT molecular complexity index is 1560. The summed E-state index contributed by atoms with van der Waals surface area (Å²) >= 11 is 3.39. The van der Waals surface area contributed by atoms with Gasteiger partial charge in [0.05, 0.1) is 11.0 Å². The number of alkyl halides is 5. The first kappa shape index (κ1) is 35.1. The maximum Gasteiger partial charge on any atom is 0.461 e. The monoisotopic (exact) mass is 715 g/mol. The number of fused-ring (bicyclic) bond motifs is 1. The largest absolute Gasteiger partial charge is 0.461 e. The van der Waals surface area contributed by atoms with Gasteiger partial charge in [0.25, 0.3) is 0 Å². The molecule has 1 saturated carbocycles. The summed E-state index contributed by atoms with van der Waals surface area (Å²) in [5.41, 5.74) is -0.0401. The van der Waals surface area contributed by atoms with Gasteiger partial charge in [0.15, 0.2) is 5.82 Å². The predicted molar refractivity (Wildman–Crippen MR) is 164 cm³/mol. The third-order valence-corrected chi connectivity index (χ3v) is 8.01. The topological polar surface area (TPSA) is 125 Å². The van der Waals surface area contributed by atoms with Gasteiger partial charge >= 0.3 is 18.2 Å². The number of amides is 3. The number of carbonyl (C=O) groups is 3. The second-order valence-corrected chi connectivity index (χ2v) is 13.3. The number of nitrogens with zero attached hydrogens (tertiary/aromatic N) is 1. The number of alkyl carbamates (subject to hydrolysis) is 1. The lowest BCUT2D eigenvalue weighted by molar-refractivity contribution is -0.292. The average Bonchev–Trinajstić information content (AvgIpc) is 3.39. The van der Waals surface area contributed by atoms with Gasteiger partial charge in [0.2, 0.25) is 11.8 Å². The summed E-state index contributed by atoms with van der Waals surface area (Å²) in [5, 5.41) is 8.24. The summed E-state index contributed by atoms with van der Waals surface area (Å²) < 4.78 is 72.2. The highest BCUT2D eigenvalue weighted by atomic mass is 79.9. The number of nitrogens with one attached hydrogen (secondary N) is 4. The van der Waals surface area contributed by atoms with Gasteiger partial charge in [-0.2, -0.15) is 22.0 Å². The molecule has 0 saturated heterocycles. The Morgan fingerprint density at radius 3 is 2.35 bits per heavy atom. The van der Waals surface area contributed by atoms with Crippen LogP contribution in [0.5, 0.6) is 0 Å². The van der Waals surface area contributed by atoms with E-state index in [-0.39, 0.29) is 40.9 Å². The second kappa shape index (κ2) is 13.9. The SMILES string of the molecule is CC(C)(C)OC(=O)NC[C@H]1CC[C@H](C(=O)N[C@@H](Cc2cccc(Br)c2)C(=O)Nc2ccc3nc(C(F)(F)C(F)(F)F)[nH]c3c2)CC1. The average molecular weight is 717 g/mol. The molecule has 250 valence electrons. The molecule has 46 heavy (non-hydrogen) atoms. The molecule has 4 N–H and O–H groups in total. The van der Waals surface area contributed by atoms with E-state index in [2.05, 4.69) is 36.9 Å². The zero-order valence-corrected chi connectivity index (χ0v) is 27.0. The third-order valence-electron chi connectivity index (χ3n) is 7.52. The molecule has 3 amide bonds. The molecule has 1 atom stereocenters. The van der Waals surface area contributed by atoms with Gasteiger partial charge in [-0.25, -0.2) is 9.78 Å². The lowest BCUT2D eigenvalue weighted by atomic mass is 9.81. The Kier molecular flexibility index (Phi) is 10.6. The number of hydrogen-bond donors (Lipinski definition) is 4. The highest BCUT2D eigenvalue weighted by Crippen LogP contribution is 2.43. The molecule has 1 aromatic heterocycles. The summed E-state index contributed by atoms with van der Waals surface area (Å²) in [6.45, 7) is 5.75. The number of carbonyl (C=O) groups excluding carboxylic acids is 3. The van der Waals surface area contributed by atoms with E-state index in [4.69, 9.17) is 4.74 Å². The minimum atomic E-state index is -5.84. The first-order chi connectivity index (χ1) is 21.4. The summed E-state index contributed by atoms with van der Waals surface area (Å²) in [6.07, 6.45) is -3.73. The van der Waals surface area contributed by atoms with Crippen LogP contribution in [0.25, 0.3) is 11.0 Å². The van der Waals surface area contributed by atoms with E-state index in [0.717, 1.165) is 10.0 Å². The van der Waals surface area contributed by atoms with Crippen molar-refractivity contribution in [3.8, 4) is 0 Å². The first-order valence-corrected chi connectivity index (χ1v) is 15.5.